The van der Waals surface area contributed by atoms with Crippen molar-refractivity contribution in [3.8, 4) is 0 Å². The van der Waals surface area contributed by atoms with Gasteiger partial charge in [-0.2, -0.15) is 0 Å². The SMILES string of the molecule is CCc1cn(C(C)C)c(N2CCC(N)C(CC)C2)n1. The number of hydrogen-bond donors (Lipinski definition) is 1. The molecule has 108 valence electrons. The minimum atomic E-state index is 0.356. The number of rotatable bonds is 4. The molecule has 19 heavy (non-hydrogen) atoms. The van der Waals surface area contributed by atoms with Crippen molar-refractivity contribution in [1.82, 2.24) is 9.55 Å². The number of aromatic nitrogens is 2. The third kappa shape index (κ3) is 2.94. The van der Waals surface area contributed by atoms with Gasteiger partial charge in [-0.25, -0.2) is 4.98 Å². The second-order valence-corrected chi connectivity index (χ2v) is 5.95. The smallest absolute Gasteiger partial charge is 0.205 e. The van der Waals surface area contributed by atoms with Crippen LogP contribution in [0.25, 0.3) is 0 Å². The summed E-state index contributed by atoms with van der Waals surface area (Å²) >= 11 is 0. The van der Waals surface area contributed by atoms with Crippen molar-refractivity contribution in [2.24, 2.45) is 11.7 Å². The number of nitrogens with two attached hydrogens (primary N) is 1. The van der Waals surface area contributed by atoms with E-state index in [1.54, 1.807) is 0 Å². The van der Waals surface area contributed by atoms with Crippen LogP contribution in [-0.2, 0) is 6.42 Å². The summed E-state index contributed by atoms with van der Waals surface area (Å²) in [6, 6.07) is 0.813. The van der Waals surface area contributed by atoms with Gasteiger partial charge in [0.1, 0.15) is 0 Å². The molecule has 1 aromatic rings. The van der Waals surface area contributed by atoms with E-state index < -0.39 is 0 Å². The van der Waals surface area contributed by atoms with Gasteiger partial charge in [0.05, 0.1) is 5.69 Å². The molecular formula is C15H28N4. The topological polar surface area (TPSA) is 47.1 Å². The van der Waals surface area contributed by atoms with E-state index in [9.17, 15) is 0 Å². The molecule has 0 radical (unpaired) electrons. The van der Waals surface area contributed by atoms with E-state index in [4.69, 9.17) is 10.7 Å². The maximum atomic E-state index is 6.21. The lowest BCUT2D eigenvalue weighted by atomic mass is 9.91. The molecule has 0 amide bonds. The fraction of sp³-hybridized carbons (Fsp3) is 0.800. The van der Waals surface area contributed by atoms with Crippen LogP contribution in [0.4, 0.5) is 5.95 Å². The summed E-state index contributed by atoms with van der Waals surface area (Å²) in [6.45, 7) is 10.9. The molecule has 0 bridgehead atoms. The Balaban J connectivity index is 2.23. The van der Waals surface area contributed by atoms with Crippen LogP contribution >= 0.6 is 0 Å². The molecule has 2 N–H and O–H groups in total. The van der Waals surface area contributed by atoms with Gasteiger partial charge in [-0.3, -0.25) is 0 Å². The molecule has 1 aliphatic rings. The van der Waals surface area contributed by atoms with Crippen molar-refractivity contribution in [2.75, 3.05) is 18.0 Å². The lowest BCUT2D eigenvalue weighted by Gasteiger charge is -2.37. The third-order valence-electron chi connectivity index (χ3n) is 4.28. The van der Waals surface area contributed by atoms with Crippen LogP contribution in [0, 0.1) is 5.92 Å². The molecule has 4 nitrogen and oxygen atoms in total. The first-order valence-electron chi connectivity index (χ1n) is 7.65. The summed E-state index contributed by atoms with van der Waals surface area (Å²) in [7, 11) is 0. The zero-order chi connectivity index (χ0) is 14.0. The molecule has 4 heteroatoms. The van der Waals surface area contributed by atoms with E-state index >= 15 is 0 Å². The first kappa shape index (κ1) is 14.4. The number of piperidine rings is 1. The second kappa shape index (κ2) is 5.95. The van der Waals surface area contributed by atoms with Crippen molar-refractivity contribution in [2.45, 2.75) is 59.0 Å². The zero-order valence-corrected chi connectivity index (χ0v) is 12.8. The average molecular weight is 264 g/mol. The van der Waals surface area contributed by atoms with E-state index in [2.05, 4.69) is 43.4 Å². The standard InChI is InChI=1S/C15H28N4/c1-5-12-9-18(8-7-14(12)16)15-17-13(6-2)10-19(15)11(3)4/h10-12,14H,5-9,16H2,1-4H3. The predicted octanol–water partition coefficient (Wildman–Crippen LogP) is 2.59. The minimum Gasteiger partial charge on any atom is -0.342 e. The van der Waals surface area contributed by atoms with Crippen molar-refractivity contribution >= 4 is 5.95 Å². The summed E-state index contributed by atoms with van der Waals surface area (Å²) in [5.41, 5.74) is 7.39. The van der Waals surface area contributed by atoms with Crippen LogP contribution < -0.4 is 10.6 Å². The minimum absolute atomic E-state index is 0.356. The van der Waals surface area contributed by atoms with Gasteiger partial charge >= 0.3 is 0 Å². The summed E-state index contributed by atoms with van der Waals surface area (Å²) in [4.78, 5) is 7.24. The maximum Gasteiger partial charge on any atom is 0.205 e. The Labute approximate surface area is 117 Å². The molecule has 2 heterocycles. The number of hydrogen-bond acceptors (Lipinski definition) is 3. The summed E-state index contributed by atoms with van der Waals surface area (Å²) in [5.74, 6) is 1.73. The average Bonchev–Trinajstić information content (AvgIpc) is 2.83. The first-order chi connectivity index (χ1) is 9.06. The molecule has 2 rings (SSSR count). The molecule has 1 aliphatic heterocycles. The van der Waals surface area contributed by atoms with Gasteiger partial charge < -0.3 is 15.2 Å². The van der Waals surface area contributed by atoms with Gasteiger partial charge in [0, 0.05) is 31.4 Å². The van der Waals surface area contributed by atoms with Gasteiger partial charge in [-0.1, -0.05) is 20.3 Å². The van der Waals surface area contributed by atoms with Crippen molar-refractivity contribution < 1.29 is 0 Å². The molecule has 1 aromatic heterocycles. The van der Waals surface area contributed by atoms with Gasteiger partial charge in [-0.05, 0) is 32.6 Å². The van der Waals surface area contributed by atoms with Gasteiger partial charge in [0.2, 0.25) is 5.95 Å². The van der Waals surface area contributed by atoms with Gasteiger partial charge in [0.25, 0.3) is 0 Å². The van der Waals surface area contributed by atoms with Crippen LogP contribution in [-0.4, -0.2) is 28.7 Å². The first-order valence-corrected chi connectivity index (χ1v) is 7.65. The molecule has 0 saturated carbocycles. The molecular weight excluding hydrogens is 236 g/mol. The van der Waals surface area contributed by atoms with Gasteiger partial charge in [-0.15, -0.1) is 0 Å². The maximum absolute atomic E-state index is 6.21. The summed E-state index contributed by atoms with van der Waals surface area (Å²) in [5, 5.41) is 0. The lowest BCUT2D eigenvalue weighted by Crippen LogP contribution is -2.47. The van der Waals surface area contributed by atoms with E-state index in [0.29, 0.717) is 18.0 Å². The molecule has 2 atom stereocenters. The Morgan fingerprint density at radius 2 is 2.16 bits per heavy atom. The Kier molecular flexibility index (Phi) is 4.50. The Morgan fingerprint density at radius 1 is 1.42 bits per heavy atom. The van der Waals surface area contributed by atoms with Crippen LogP contribution in [0.3, 0.4) is 0 Å². The monoisotopic (exact) mass is 264 g/mol. The second-order valence-electron chi connectivity index (χ2n) is 5.95. The highest BCUT2D eigenvalue weighted by atomic mass is 15.3. The Bertz CT molecular complexity index is 410. The van der Waals surface area contributed by atoms with E-state index in [0.717, 1.165) is 38.3 Å². The van der Waals surface area contributed by atoms with Crippen molar-refractivity contribution in [3.63, 3.8) is 0 Å². The fourth-order valence-electron chi connectivity index (χ4n) is 2.88. The predicted molar refractivity (Wildman–Crippen MR) is 80.6 cm³/mol. The van der Waals surface area contributed by atoms with Crippen LogP contribution in [0.2, 0.25) is 0 Å². The molecule has 1 fully saturated rings. The fourth-order valence-corrected chi connectivity index (χ4v) is 2.88. The van der Waals surface area contributed by atoms with Crippen LogP contribution in [0.1, 0.15) is 52.3 Å². The van der Waals surface area contributed by atoms with E-state index in [1.165, 1.54) is 5.69 Å². The molecule has 0 spiro atoms. The highest BCUT2D eigenvalue weighted by molar-refractivity contribution is 5.35. The molecule has 2 unspecified atom stereocenters. The molecule has 0 aliphatic carbocycles. The van der Waals surface area contributed by atoms with Crippen LogP contribution in [0.5, 0.6) is 0 Å². The lowest BCUT2D eigenvalue weighted by molar-refractivity contribution is 0.342. The van der Waals surface area contributed by atoms with E-state index in [-0.39, 0.29) is 0 Å². The third-order valence-corrected chi connectivity index (χ3v) is 4.28. The Hall–Kier alpha value is -1.03. The Morgan fingerprint density at radius 3 is 2.74 bits per heavy atom. The van der Waals surface area contributed by atoms with Gasteiger partial charge in [0.15, 0.2) is 0 Å². The molecule has 0 aromatic carbocycles. The van der Waals surface area contributed by atoms with Crippen molar-refractivity contribution in [3.05, 3.63) is 11.9 Å². The highest BCUT2D eigenvalue weighted by Crippen LogP contribution is 2.26. The molecule has 1 saturated heterocycles. The number of imidazole rings is 1. The number of anilines is 1. The quantitative estimate of drug-likeness (QED) is 0.909. The number of nitrogens with zero attached hydrogens (tertiary/aromatic N) is 3. The highest BCUT2D eigenvalue weighted by Gasteiger charge is 2.28. The van der Waals surface area contributed by atoms with Crippen LogP contribution in [0.15, 0.2) is 6.20 Å². The zero-order valence-electron chi connectivity index (χ0n) is 12.8. The van der Waals surface area contributed by atoms with E-state index in [1.807, 2.05) is 0 Å². The largest absolute Gasteiger partial charge is 0.342 e. The summed E-state index contributed by atoms with van der Waals surface area (Å²) < 4.78 is 2.31. The summed E-state index contributed by atoms with van der Waals surface area (Å²) in [6.07, 6.45) is 5.43. The van der Waals surface area contributed by atoms with Crippen molar-refractivity contribution in [1.29, 1.82) is 0 Å². The number of aryl methyl sites for hydroxylation is 1. The normalized spacial score (nSPS) is 24.2.